The van der Waals surface area contributed by atoms with Crippen LogP contribution >= 0.6 is 0 Å². The molecular formula is C33H35NO3. The van der Waals surface area contributed by atoms with E-state index in [0.717, 1.165) is 50.5 Å². The summed E-state index contributed by atoms with van der Waals surface area (Å²) in [5.74, 6) is -1.35. The molecule has 4 heteroatoms. The first-order chi connectivity index (χ1) is 18.0. The third kappa shape index (κ3) is 4.85. The number of unbranched alkanes of at least 4 members (excludes halogenated alkanes) is 1. The van der Waals surface area contributed by atoms with Crippen molar-refractivity contribution in [3.8, 4) is 0 Å². The van der Waals surface area contributed by atoms with E-state index in [1.54, 1.807) is 4.90 Å². The van der Waals surface area contributed by atoms with Crippen LogP contribution in [0.4, 0.5) is 5.69 Å². The Balaban J connectivity index is 1.62. The van der Waals surface area contributed by atoms with Crippen LogP contribution in [0.25, 0.3) is 5.76 Å². The number of carbonyl (C=O) groups excluding carboxylic acids is 2. The largest absolute Gasteiger partial charge is 0.507 e. The molecule has 0 radical (unpaired) electrons. The number of Topliss-reactive ketones (excluding diaryl/α,β-unsaturated/α-hetero) is 1. The fraction of sp³-hybridized carbons (Fsp3) is 0.333. The highest BCUT2D eigenvalue weighted by molar-refractivity contribution is 6.51. The highest BCUT2D eigenvalue weighted by Crippen LogP contribution is 2.42. The fourth-order valence-electron chi connectivity index (χ4n) is 5.59. The van der Waals surface area contributed by atoms with Crippen molar-refractivity contribution in [1.29, 1.82) is 0 Å². The number of anilines is 1. The molecule has 0 spiro atoms. The van der Waals surface area contributed by atoms with Crippen molar-refractivity contribution in [2.24, 2.45) is 0 Å². The molecule has 0 bridgehead atoms. The first kappa shape index (κ1) is 25.0. The molecule has 190 valence electrons. The van der Waals surface area contributed by atoms with Gasteiger partial charge in [0.05, 0.1) is 11.6 Å². The van der Waals surface area contributed by atoms with E-state index in [9.17, 15) is 14.7 Å². The summed E-state index contributed by atoms with van der Waals surface area (Å²) in [5.41, 5.74) is 7.14. The zero-order chi connectivity index (χ0) is 25.9. The summed E-state index contributed by atoms with van der Waals surface area (Å²) in [6, 6.07) is 21.1. The van der Waals surface area contributed by atoms with Gasteiger partial charge < -0.3 is 5.11 Å². The molecule has 5 rings (SSSR count). The maximum absolute atomic E-state index is 13.5. The molecule has 37 heavy (non-hydrogen) atoms. The normalized spacial score (nSPS) is 18.8. The zero-order valence-electron chi connectivity index (χ0n) is 21.8. The quantitative estimate of drug-likeness (QED) is 0.217. The Bertz CT molecular complexity index is 1330. The first-order valence-corrected chi connectivity index (χ1v) is 13.6. The van der Waals surface area contributed by atoms with Gasteiger partial charge in [0.1, 0.15) is 5.76 Å². The molecule has 2 aliphatic rings. The van der Waals surface area contributed by atoms with Gasteiger partial charge in [-0.15, -0.1) is 0 Å². The first-order valence-electron chi connectivity index (χ1n) is 13.6. The average Bonchev–Trinajstić information content (AvgIpc) is 3.21. The van der Waals surface area contributed by atoms with Gasteiger partial charge in [0, 0.05) is 11.3 Å². The third-order valence-corrected chi connectivity index (χ3v) is 7.80. The Morgan fingerprint density at radius 1 is 0.865 bits per heavy atom. The molecule has 3 aromatic carbocycles. The number of rotatable bonds is 7. The van der Waals surface area contributed by atoms with Crippen molar-refractivity contribution >= 4 is 23.1 Å². The molecule has 0 saturated carbocycles. The number of hydrogen-bond donors (Lipinski definition) is 1. The summed E-state index contributed by atoms with van der Waals surface area (Å²) in [7, 11) is 0. The molecule has 1 heterocycles. The Morgan fingerprint density at radius 3 is 2.22 bits per heavy atom. The highest BCUT2D eigenvalue weighted by Gasteiger charge is 2.47. The van der Waals surface area contributed by atoms with Crippen LogP contribution in [0.2, 0.25) is 0 Å². The second kappa shape index (κ2) is 10.8. The molecule has 0 aromatic heterocycles. The van der Waals surface area contributed by atoms with E-state index in [4.69, 9.17) is 0 Å². The number of carbonyl (C=O) groups is 2. The van der Waals surface area contributed by atoms with E-state index >= 15 is 0 Å². The van der Waals surface area contributed by atoms with Gasteiger partial charge in [-0.1, -0.05) is 68.8 Å². The van der Waals surface area contributed by atoms with Crippen LogP contribution in [-0.2, 0) is 35.3 Å². The second-order valence-corrected chi connectivity index (χ2v) is 10.2. The predicted octanol–water partition coefficient (Wildman–Crippen LogP) is 7.10. The lowest BCUT2D eigenvalue weighted by Crippen LogP contribution is -2.29. The predicted molar refractivity (Wildman–Crippen MR) is 149 cm³/mol. The van der Waals surface area contributed by atoms with E-state index in [1.807, 2.05) is 60.7 Å². The SMILES string of the molecule is CCCCc1ccc(N2C(=O)C(=O)/C(=C(\O)c3ccc4c(c3)CCCC4)C2c2ccc(CC)cc2)cc1. The Morgan fingerprint density at radius 2 is 1.54 bits per heavy atom. The van der Waals surface area contributed by atoms with Crippen LogP contribution in [0, 0.1) is 0 Å². The van der Waals surface area contributed by atoms with Gasteiger partial charge in [-0.05, 0) is 91.0 Å². The number of aryl methyl sites for hydroxylation is 4. The van der Waals surface area contributed by atoms with Crippen molar-refractivity contribution in [1.82, 2.24) is 0 Å². The Hall–Kier alpha value is -3.66. The summed E-state index contributed by atoms with van der Waals surface area (Å²) in [4.78, 5) is 28.5. The molecule has 1 fully saturated rings. The topological polar surface area (TPSA) is 57.6 Å². The van der Waals surface area contributed by atoms with E-state index in [0.29, 0.717) is 11.3 Å². The van der Waals surface area contributed by atoms with Gasteiger partial charge in [-0.3, -0.25) is 14.5 Å². The van der Waals surface area contributed by atoms with Crippen LogP contribution in [0.15, 0.2) is 72.3 Å². The zero-order valence-corrected chi connectivity index (χ0v) is 21.8. The number of hydrogen-bond acceptors (Lipinski definition) is 3. The number of aliphatic hydroxyl groups is 1. The summed E-state index contributed by atoms with van der Waals surface area (Å²) in [6.07, 6.45) is 8.41. The smallest absolute Gasteiger partial charge is 0.300 e. The van der Waals surface area contributed by atoms with Crippen molar-refractivity contribution in [3.05, 3.63) is 106 Å². The lowest BCUT2D eigenvalue weighted by Gasteiger charge is -2.26. The Labute approximate surface area is 219 Å². The maximum Gasteiger partial charge on any atom is 0.300 e. The third-order valence-electron chi connectivity index (χ3n) is 7.80. The maximum atomic E-state index is 13.5. The summed E-state index contributed by atoms with van der Waals surface area (Å²) in [6.45, 7) is 4.26. The van der Waals surface area contributed by atoms with Crippen molar-refractivity contribution < 1.29 is 14.7 Å². The van der Waals surface area contributed by atoms with E-state index in [1.165, 1.54) is 28.7 Å². The van der Waals surface area contributed by atoms with Gasteiger partial charge in [0.2, 0.25) is 0 Å². The minimum absolute atomic E-state index is 0.0987. The van der Waals surface area contributed by atoms with Crippen molar-refractivity contribution in [2.45, 2.75) is 71.3 Å². The van der Waals surface area contributed by atoms with Gasteiger partial charge in [-0.25, -0.2) is 0 Å². The molecule has 1 unspecified atom stereocenters. The standard InChI is InChI=1S/C33H35NO3/c1-3-5-8-23-13-19-28(20-14-23)34-30(25-15-11-22(4-2)12-16-25)29(32(36)33(34)37)31(35)27-18-17-24-9-6-7-10-26(24)21-27/h11-21,30,35H,3-10H2,1-2H3/b31-29-. The lowest BCUT2D eigenvalue weighted by atomic mass is 9.88. The van der Waals surface area contributed by atoms with Gasteiger partial charge in [0.25, 0.3) is 11.7 Å². The second-order valence-electron chi connectivity index (χ2n) is 10.2. The minimum Gasteiger partial charge on any atom is -0.507 e. The molecule has 4 nitrogen and oxygen atoms in total. The summed E-state index contributed by atoms with van der Waals surface area (Å²) < 4.78 is 0. The molecule has 1 atom stereocenters. The number of fused-ring (bicyclic) bond motifs is 1. The monoisotopic (exact) mass is 493 g/mol. The van der Waals surface area contributed by atoms with Crippen LogP contribution in [0.1, 0.15) is 79.0 Å². The van der Waals surface area contributed by atoms with E-state index in [-0.39, 0.29) is 11.3 Å². The van der Waals surface area contributed by atoms with Crippen molar-refractivity contribution in [2.75, 3.05) is 4.90 Å². The molecule has 1 saturated heterocycles. The number of amides is 1. The summed E-state index contributed by atoms with van der Waals surface area (Å²) in [5, 5.41) is 11.5. The van der Waals surface area contributed by atoms with Crippen LogP contribution < -0.4 is 4.90 Å². The molecule has 1 amide bonds. The number of aliphatic hydroxyl groups excluding tert-OH is 1. The minimum atomic E-state index is -0.691. The summed E-state index contributed by atoms with van der Waals surface area (Å²) >= 11 is 0. The molecule has 1 N–H and O–H groups in total. The van der Waals surface area contributed by atoms with Crippen LogP contribution in [0.5, 0.6) is 0 Å². The fourth-order valence-corrected chi connectivity index (χ4v) is 5.59. The van der Waals surface area contributed by atoms with Gasteiger partial charge in [-0.2, -0.15) is 0 Å². The van der Waals surface area contributed by atoms with E-state index in [2.05, 4.69) is 19.9 Å². The highest BCUT2D eigenvalue weighted by atomic mass is 16.3. The van der Waals surface area contributed by atoms with Gasteiger partial charge >= 0.3 is 0 Å². The number of benzene rings is 3. The van der Waals surface area contributed by atoms with E-state index < -0.39 is 17.7 Å². The molecule has 1 aliphatic heterocycles. The Kier molecular flexibility index (Phi) is 7.27. The van der Waals surface area contributed by atoms with Gasteiger partial charge in [0.15, 0.2) is 0 Å². The number of ketones is 1. The average molecular weight is 494 g/mol. The van der Waals surface area contributed by atoms with Crippen molar-refractivity contribution in [3.63, 3.8) is 0 Å². The molecular weight excluding hydrogens is 458 g/mol. The number of nitrogens with zero attached hydrogens (tertiary/aromatic N) is 1. The molecule has 1 aliphatic carbocycles. The van der Waals surface area contributed by atoms with Crippen LogP contribution in [-0.4, -0.2) is 16.8 Å². The molecule has 3 aromatic rings. The lowest BCUT2D eigenvalue weighted by molar-refractivity contribution is -0.132. The van der Waals surface area contributed by atoms with Crippen LogP contribution in [0.3, 0.4) is 0 Å².